The first-order valence-electron chi connectivity index (χ1n) is 17.1. The number of benzene rings is 8. The van der Waals surface area contributed by atoms with E-state index >= 15 is 0 Å². The van der Waals surface area contributed by atoms with Gasteiger partial charge in [0.05, 0.1) is 0 Å². The molecule has 0 aliphatic heterocycles. The first-order valence-corrected chi connectivity index (χ1v) is 17.1. The van der Waals surface area contributed by atoms with E-state index in [-0.39, 0.29) is 0 Å². The van der Waals surface area contributed by atoms with Crippen LogP contribution < -0.4 is 0 Å². The van der Waals surface area contributed by atoms with Gasteiger partial charge in [0.2, 0.25) is 0 Å². The van der Waals surface area contributed by atoms with Gasteiger partial charge in [-0.2, -0.15) is 0 Å². The second kappa shape index (κ2) is 11.9. The van der Waals surface area contributed by atoms with Crippen molar-refractivity contribution < 1.29 is 4.42 Å². The van der Waals surface area contributed by atoms with Crippen LogP contribution in [0.1, 0.15) is 0 Å². The standard InChI is InChI=1S/C47H29N3O/c1-3-14-30(15-4-1)34-26-32-18-8-10-21-37(32)41(28-34)47-49-45(35-27-33-19-7-9-20-36(33)40(29-35)31-16-5-2-6-17-31)48-46(50-47)39-23-13-25-43-44(39)38-22-11-12-24-42(38)51-43/h1-29H. The molecule has 10 rings (SSSR count). The summed E-state index contributed by atoms with van der Waals surface area (Å²) in [5.41, 5.74) is 8.91. The summed E-state index contributed by atoms with van der Waals surface area (Å²) in [6, 6.07) is 61.1. The quantitative estimate of drug-likeness (QED) is 0.186. The Morgan fingerprint density at radius 1 is 0.314 bits per heavy atom. The van der Waals surface area contributed by atoms with Crippen molar-refractivity contribution in [3.63, 3.8) is 0 Å². The van der Waals surface area contributed by atoms with Crippen LogP contribution in [-0.4, -0.2) is 15.0 Å². The maximum atomic E-state index is 6.31. The molecular formula is C47H29N3O. The number of nitrogens with zero attached hydrogens (tertiary/aromatic N) is 3. The molecule has 0 atom stereocenters. The van der Waals surface area contributed by atoms with Crippen molar-refractivity contribution >= 4 is 43.5 Å². The van der Waals surface area contributed by atoms with E-state index in [1.54, 1.807) is 0 Å². The summed E-state index contributed by atoms with van der Waals surface area (Å²) < 4.78 is 6.31. The van der Waals surface area contributed by atoms with E-state index in [1.807, 2.05) is 42.5 Å². The van der Waals surface area contributed by atoms with Gasteiger partial charge in [-0.3, -0.25) is 0 Å². The number of furan rings is 1. The van der Waals surface area contributed by atoms with Gasteiger partial charge in [-0.1, -0.05) is 140 Å². The average molecular weight is 652 g/mol. The first-order chi connectivity index (χ1) is 25.3. The molecule has 8 aromatic carbocycles. The molecule has 0 amide bonds. The van der Waals surface area contributed by atoms with Gasteiger partial charge < -0.3 is 4.42 Å². The van der Waals surface area contributed by atoms with Crippen LogP contribution in [0.25, 0.3) is 99.9 Å². The van der Waals surface area contributed by atoms with Crippen LogP contribution >= 0.6 is 0 Å². The number of para-hydroxylation sites is 1. The molecule has 0 saturated carbocycles. The third-order valence-electron chi connectivity index (χ3n) is 9.69. The van der Waals surface area contributed by atoms with Crippen molar-refractivity contribution in [3.8, 4) is 56.4 Å². The topological polar surface area (TPSA) is 51.8 Å². The van der Waals surface area contributed by atoms with E-state index in [9.17, 15) is 0 Å². The molecule has 4 nitrogen and oxygen atoms in total. The molecule has 2 aromatic heterocycles. The van der Waals surface area contributed by atoms with Crippen LogP contribution in [0.4, 0.5) is 0 Å². The van der Waals surface area contributed by atoms with Crippen molar-refractivity contribution in [3.05, 3.63) is 176 Å². The fourth-order valence-electron chi connectivity index (χ4n) is 7.30. The summed E-state index contributed by atoms with van der Waals surface area (Å²) in [4.78, 5) is 15.9. The second-order valence-corrected chi connectivity index (χ2v) is 12.8. The van der Waals surface area contributed by atoms with Crippen LogP contribution in [0.15, 0.2) is 180 Å². The Hall–Kier alpha value is -6.91. The molecule has 0 aliphatic rings. The summed E-state index contributed by atoms with van der Waals surface area (Å²) in [5, 5.41) is 6.52. The molecule has 51 heavy (non-hydrogen) atoms. The fourth-order valence-corrected chi connectivity index (χ4v) is 7.30. The molecule has 0 saturated heterocycles. The Kier molecular flexibility index (Phi) is 6.78. The molecule has 0 aliphatic carbocycles. The Morgan fingerprint density at radius 2 is 0.843 bits per heavy atom. The lowest BCUT2D eigenvalue weighted by Gasteiger charge is -2.14. The first kappa shape index (κ1) is 29.0. The summed E-state index contributed by atoms with van der Waals surface area (Å²) in [6.45, 7) is 0. The third-order valence-corrected chi connectivity index (χ3v) is 9.69. The highest BCUT2D eigenvalue weighted by atomic mass is 16.3. The summed E-state index contributed by atoms with van der Waals surface area (Å²) in [6.07, 6.45) is 0. The average Bonchev–Trinajstić information content (AvgIpc) is 3.59. The largest absolute Gasteiger partial charge is 0.456 e. The fraction of sp³-hybridized carbons (Fsp3) is 0. The molecular weight excluding hydrogens is 623 g/mol. The van der Waals surface area contributed by atoms with Crippen LogP contribution in [0, 0.1) is 0 Å². The minimum absolute atomic E-state index is 0.593. The molecule has 10 aromatic rings. The highest BCUT2D eigenvalue weighted by molar-refractivity contribution is 6.12. The molecule has 4 heteroatoms. The highest BCUT2D eigenvalue weighted by Gasteiger charge is 2.20. The van der Waals surface area contributed by atoms with Crippen LogP contribution in [0.3, 0.4) is 0 Å². The lowest BCUT2D eigenvalue weighted by molar-refractivity contribution is 0.669. The lowest BCUT2D eigenvalue weighted by Crippen LogP contribution is -2.01. The predicted octanol–water partition coefficient (Wildman–Crippen LogP) is 12.4. The van der Waals surface area contributed by atoms with Crippen molar-refractivity contribution in [2.75, 3.05) is 0 Å². The van der Waals surface area contributed by atoms with Gasteiger partial charge in [-0.05, 0) is 80.2 Å². The maximum Gasteiger partial charge on any atom is 0.164 e. The molecule has 0 spiro atoms. The molecule has 0 unspecified atom stereocenters. The highest BCUT2D eigenvalue weighted by Crippen LogP contribution is 2.39. The van der Waals surface area contributed by atoms with Gasteiger partial charge in [0, 0.05) is 27.5 Å². The monoisotopic (exact) mass is 651 g/mol. The van der Waals surface area contributed by atoms with E-state index in [0.29, 0.717) is 17.5 Å². The number of hydrogen-bond acceptors (Lipinski definition) is 4. The number of hydrogen-bond donors (Lipinski definition) is 0. The van der Waals surface area contributed by atoms with Crippen LogP contribution in [0.2, 0.25) is 0 Å². The maximum absolute atomic E-state index is 6.31. The summed E-state index contributed by atoms with van der Waals surface area (Å²) in [5.74, 6) is 1.82. The smallest absolute Gasteiger partial charge is 0.164 e. The van der Waals surface area contributed by atoms with Crippen molar-refractivity contribution in [1.29, 1.82) is 0 Å². The van der Waals surface area contributed by atoms with Crippen LogP contribution in [-0.2, 0) is 0 Å². The molecule has 238 valence electrons. The van der Waals surface area contributed by atoms with Gasteiger partial charge in [-0.25, -0.2) is 15.0 Å². The van der Waals surface area contributed by atoms with E-state index in [0.717, 1.165) is 77.0 Å². The van der Waals surface area contributed by atoms with E-state index in [1.165, 1.54) is 5.39 Å². The minimum atomic E-state index is 0.593. The van der Waals surface area contributed by atoms with Gasteiger partial charge in [0.1, 0.15) is 11.2 Å². The SMILES string of the molecule is c1ccc(-c2cc(-c3nc(-c4cc(-c5ccccc5)c5ccccc5c4)nc(-c4cccc5oc6ccccc6c45)n3)c3ccccc3c2)cc1. The van der Waals surface area contributed by atoms with Gasteiger partial charge >= 0.3 is 0 Å². The summed E-state index contributed by atoms with van der Waals surface area (Å²) in [7, 11) is 0. The van der Waals surface area contributed by atoms with Crippen molar-refractivity contribution in [2.24, 2.45) is 0 Å². The Balaban J connectivity index is 1.29. The van der Waals surface area contributed by atoms with E-state index in [2.05, 4.69) is 133 Å². The third kappa shape index (κ3) is 5.04. The Morgan fingerprint density at radius 3 is 1.59 bits per heavy atom. The number of aromatic nitrogens is 3. The lowest BCUT2D eigenvalue weighted by atomic mass is 9.95. The Bertz CT molecular complexity index is 2910. The molecule has 0 N–H and O–H groups in total. The van der Waals surface area contributed by atoms with E-state index in [4.69, 9.17) is 19.4 Å². The zero-order chi connectivity index (χ0) is 33.7. The number of rotatable bonds is 5. The van der Waals surface area contributed by atoms with Gasteiger partial charge in [-0.15, -0.1) is 0 Å². The van der Waals surface area contributed by atoms with Gasteiger partial charge in [0.25, 0.3) is 0 Å². The molecule has 0 radical (unpaired) electrons. The zero-order valence-corrected chi connectivity index (χ0v) is 27.5. The number of fused-ring (bicyclic) bond motifs is 5. The van der Waals surface area contributed by atoms with E-state index < -0.39 is 0 Å². The van der Waals surface area contributed by atoms with Crippen molar-refractivity contribution in [1.82, 2.24) is 15.0 Å². The molecule has 0 bridgehead atoms. The van der Waals surface area contributed by atoms with Crippen molar-refractivity contribution in [2.45, 2.75) is 0 Å². The Labute approximate surface area is 294 Å². The normalized spacial score (nSPS) is 11.5. The molecule has 2 heterocycles. The van der Waals surface area contributed by atoms with Gasteiger partial charge in [0.15, 0.2) is 17.5 Å². The zero-order valence-electron chi connectivity index (χ0n) is 27.5. The minimum Gasteiger partial charge on any atom is -0.456 e. The summed E-state index contributed by atoms with van der Waals surface area (Å²) >= 11 is 0. The molecule has 0 fully saturated rings. The second-order valence-electron chi connectivity index (χ2n) is 12.8. The van der Waals surface area contributed by atoms with Crippen LogP contribution in [0.5, 0.6) is 0 Å². The predicted molar refractivity (Wildman–Crippen MR) is 209 cm³/mol.